The molecule has 26 heavy (non-hydrogen) atoms. The summed E-state index contributed by atoms with van der Waals surface area (Å²) in [5.41, 5.74) is 3.09. The molecule has 0 aromatic heterocycles. The zero-order chi connectivity index (χ0) is 18.7. The number of ether oxygens (including phenoxy) is 1. The zero-order valence-electron chi connectivity index (χ0n) is 15.3. The molecule has 1 aliphatic rings. The molecule has 0 fully saturated rings. The molecule has 1 atom stereocenters. The summed E-state index contributed by atoms with van der Waals surface area (Å²) in [5.74, 6) is 0.934. The van der Waals surface area contributed by atoms with E-state index in [0.29, 0.717) is 11.7 Å². The van der Waals surface area contributed by atoms with E-state index >= 15 is 0 Å². The van der Waals surface area contributed by atoms with E-state index in [1.54, 1.807) is 0 Å². The van der Waals surface area contributed by atoms with Crippen LogP contribution in [0.3, 0.4) is 0 Å². The number of anilines is 2. The fraction of sp³-hybridized carbons (Fsp3) is 0.350. The Morgan fingerprint density at radius 2 is 2.12 bits per heavy atom. The first kappa shape index (κ1) is 18.8. The second-order valence-corrected chi connectivity index (χ2v) is 7.31. The van der Waals surface area contributed by atoms with Gasteiger partial charge in [-0.15, -0.1) is 0 Å². The Morgan fingerprint density at radius 3 is 2.85 bits per heavy atom. The maximum Gasteiger partial charge on any atom is 0.173 e. The van der Waals surface area contributed by atoms with Gasteiger partial charge >= 0.3 is 0 Å². The highest BCUT2D eigenvalue weighted by atomic mass is 35.5. The second-order valence-electron chi connectivity index (χ2n) is 6.52. The lowest BCUT2D eigenvalue weighted by Gasteiger charge is -2.37. The predicted octanol–water partition coefficient (Wildman–Crippen LogP) is 4.56. The lowest BCUT2D eigenvalue weighted by molar-refractivity contribution is 0.169. The summed E-state index contributed by atoms with van der Waals surface area (Å²) >= 11 is 11.7. The van der Waals surface area contributed by atoms with Crippen LogP contribution in [0.15, 0.2) is 42.5 Å². The number of hydrogen-bond acceptors (Lipinski definition) is 3. The van der Waals surface area contributed by atoms with Crippen LogP contribution in [0.5, 0.6) is 5.75 Å². The van der Waals surface area contributed by atoms with Crippen LogP contribution >= 0.6 is 23.8 Å². The molecule has 1 aliphatic heterocycles. The molecule has 0 bridgehead atoms. The molecule has 2 aromatic carbocycles. The Bertz CT molecular complexity index is 798. The number of para-hydroxylation sites is 2. The van der Waals surface area contributed by atoms with Crippen molar-refractivity contribution in [2.75, 3.05) is 36.9 Å². The molecule has 1 heterocycles. The summed E-state index contributed by atoms with van der Waals surface area (Å²) in [6, 6.07) is 14.0. The predicted molar refractivity (Wildman–Crippen MR) is 114 cm³/mol. The van der Waals surface area contributed by atoms with Crippen molar-refractivity contribution < 1.29 is 4.74 Å². The molecule has 0 saturated heterocycles. The molecular formula is C20H24ClN3OS. The average Bonchev–Trinajstić information content (AvgIpc) is 2.64. The number of fused-ring (bicyclic) bond motifs is 1. The van der Waals surface area contributed by atoms with E-state index in [-0.39, 0.29) is 6.10 Å². The van der Waals surface area contributed by atoms with Crippen LogP contribution in [0.25, 0.3) is 0 Å². The van der Waals surface area contributed by atoms with Crippen molar-refractivity contribution in [3.05, 3.63) is 53.1 Å². The number of halogens is 1. The van der Waals surface area contributed by atoms with Crippen LogP contribution < -0.4 is 15.0 Å². The maximum absolute atomic E-state index is 6.19. The van der Waals surface area contributed by atoms with E-state index < -0.39 is 0 Å². The largest absolute Gasteiger partial charge is 0.485 e. The second kappa shape index (κ2) is 8.14. The van der Waals surface area contributed by atoms with E-state index in [1.807, 2.05) is 55.3 Å². The standard InChI is InChI=1S/C20H24ClN3OS/c1-4-24-13-16(25-19-8-6-5-7-18(19)24)12-23(3)20(26)22-15-10-9-14(2)17(21)11-15/h5-11,16H,4,12-13H2,1-3H3,(H,22,26)/t16-/m1/s1. The van der Waals surface area contributed by atoms with Gasteiger partial charge in [-0.1, -0.05) is 29.8 Å². The number of likely N-dealkylation sites (N-methyl/N-ethyl adjacent to an activating group) is 2. The van der Waals surface area contributed by atoms with Gasteiger partial charge < -0.3 is 19.9 Å². The number of nitrogens with zero attached hydrogens (tertiary/aromatic N) is 2. The topological polar surface area (TPSA) is 27.7 Å². The molecular weight excluding hydrogens is 366 g/mol. The summed E-state index contributed by atoms with van der Waals surface area (Å²) in [6.07, 6.45) is 0.0520. The van der Waals surface area contributed by atoms with E-state index in [2.05, 4.69) is 23.2 Å². The Kier molecular flexibility index (Phi) is 5.89. The molecule has 2 aromatic rings. The van der Waals surface area contributed by atoms with Crippen LogP contribution in [0.2, 0.25) is 5.02 Å². The first-order valence-electron chi connectivity index (χ1n) is 8.77. The molecule has 0 aliphatic carbocycles. The quantitative estimate of drug-likeness (QED) is 0.773. The number of rotatable bonds is 4. The Morgan fingerprint density at radius 1 is 1.35 bits per heavy atom. The summed E-state index contributed by atoms with van der Waals surface area (Å²) in [6.45, 7) is 6.64. The number of aryl methyl sites for hydroxylation is 1. The SMILES string of the molecule is CCN1C[C@@H](CN(C)C(=S)Nc2ccc(C)c(Cl)c2)Oc2ccccc21. The normalized spacial score (nSPS) is 15.8. The van der Waals surface area contributed by atoms with E-state index in [1.165, 1.54) is 0 Å². The van der Waals surface area contributed by atoms with Gasteiger partial charge in [0.05, 0.1) is 18.8 Å². The number of thiocarbonyl (C=S) groups is 1. The minimum atomic E-state index is 0.0520. The van der Waals surface area contributed by atoms with E-state index in [0.717, 1.165) is 40.8 Å². The van der Waals surface area contributed by atoms with Gasteiger partial charge in [0, 0.05) is 24.3 Å². The number of hydrogen-bond donors (Lipinski definition) is 1. The summed E-state index contributed by atoms with van der Waals surface area (Å²) in [7, 11) is 1.98. The first-order valence-corrected chi connectivity index (χ1v) is 9.55. The lowest BCUT2D eigenvalue weighted by atomic mass is 10.2. The minimum absolute atomic E-state index is 0.0520. The van der Waals surface area contributed by atoms with Crippen molar-refractivity contribution in [3.63, 3.8) is 0 Å². The monoisotopic (exact) mass is 389 g/mol. The van der Waals surface area contributed by atoms with Gasteiger partial charge in [-0.2, -0.15) is 0 Å². The Hall–Kier alpha value is -1.98. The van der Waals surface area contributed by atoms with Crippen LogP contribution in [0.4, 0.5) is 11.4 Å². The molecule has 138 valence electrons. The molecule has 0 unspecified atom stereocenters. The zero-order valence-corrected chi connectivity index (χ0v) is 16.9. The maximum atomic E-state index is 6.19. The molecule has 4 nitrogen and oxygen atoms in total. The fourth-order valence-corrected chi connectivity index (χ4v) is 3.42. The van der Waals surface area contributed by atoms with Crippen molar-refractivity contribution in [1.29, 1.82) is 0 Å². The summed E-state index contributed by atoms with van der Waals surface area (Å²) in [4.78, 5) is 4.35. The van der Waals surface area contributed by atoms with E-state index in [9.17, 15) is 0 Å². The van der Waals surface area contributed by atoms with Crippen molar-refractivity contribution >= 4 is 40.3 Å². The van der Waals surface area contributed by atoms with Gasteiger partial charge in [-0.3, -0.25) is 0 Å². The number of benzene rings is 2. The van der Waals surface area contributed by atoms with Crippen molar-refractivity contribution in [2.45, 2.75) is 20.0 Å². The van der Waals surface area contributed by atoms with Gasteiger partial charge in [-0.05, 0) is 55.9 Å². The van der Waals surface area contributed by atoms with Crippen molar-refractivity contribution in [3.8, 4) is 5.75 Å². The van der Waals surface area contributed by atoms with Gasteiger partial charge in [0.15, 0.2) is 5.11 Å². The van der Waals surface area contributed by atoms with Gasteiger partial charge in [0.1, 0.15) is 11.9 Å². The molecule has 3 rings (SSSR count). The minimum Gasteiger partial charge on any atom is -0.485 e. The Balaban J connectivity index is 1.63. The highest BCUT2D eigenvalue weighted by molar-refractivity contribution is 7.80. The third kappa shape index (κ3) is 4.22. The molecule has 0 spiro atoms. The van der Waals surface area contributed by atoms with Gasteiger partial charge in [0.25, 0.3) is 0 Å². The summed E-state index contributed by atoms with van der Waals surface area (Å²) < 4.78 is 6.18. The molecule has 0 saturated carbocycles. The lowest BCUT2D eigenvalue weighted by Crippen LogP contribution is -2.47. The van der Waals surface area contributed by atoms with Crippen molar-refractivity contribution in [1.82, 2.24) is 4.90 Å². The van der Waals surface area contributed by atoms with Crippen LogP contribution in [0.1, 0.15) is 12.5 Å². The van der Waals surface area contributed by atoms with Crippen molar-refractivity contribution in [2.24, 2.45) is 0 Å². The smallest absolute Gasteiger partial charge is 0.173 e. The van der Waals surface area contributed by atoms with Gasteiger partial charge in [-0.25, -0.2) is 0 Å². The molecule has 6 heteroatoms. The van der Waals surface area contributed by atoms with E-state index in [4.69, 9.17) is 28.6 Å². The van der Waals surface area contributed by atoms with Gasteiger partial charge in [0.2, 0.25) is 0 Å². The Labute approximate surface area is 165 Å². The third-order valence-corrected chi connectivity index (χ3v) is 5.37. The number of nitrogens with one attached hydrogen (secondary N) is 1. The summed E-state index contributed by atoms with van der Waals surface area (Å²) in [5, 5.41) is 4.62. The fourth-order valence-electron chi connectivity index (χ4n) is 3.05. The van der Waals surface area contributed by atoms with Crippen LogP contribution in [-0.4, -0.2) is 42.8 Å². The average molecular weight is 390 g/mol. The highest BCUT2D eigenvalue weighted by Gasteiger charge is 2.26. The highest BCUT2D eigenvalue weighted by Crippen LogP contribution is 2.32. The third-order valence-electron chi connectivity index (χ3n) is 4.55. The first-order chi connectivity index (χ1) is 12.5. The molecule has 0 amide bonds. The molecule has 0 radical (unpaired) electrons. The van der Waals surface area contributed by atoms with Crippen LogP contribution in [0, 0.1) is 6.92 Å². The molecule has 1 N–H and O–H groups in total. The van der Waals surface area contributed by atoms with Crippen LogP contribution in [-0.2, 0) is 0 Å².